The fourth-order valence-corrected chi connectivity index (χ4v) is 2.49. The second kappa shape index (κ2) is 6.48. The lowest BCUT2D eigenvalue weighted by molar-refractivity contribution is 0.870. The Morgan fingerprint density at radius 3 is 2.60 bits per heavy atom. The molecular formula is C16H19N3S. The van der Waals surface area contributed by atoms with E-state index in [1.165, 1.54) is 11.1 Å². The lowest BCUT2D eigenvalue weighted by Gasteiger charge is -2.24. The monoisotopic (exact) mass is 285 g/mol. The van der Waals surface area contributed by atoms with Gasteiger partial charge in [-0.1, -0.05) is 24.4 Å². The van der Waals surface area contributed by atoms with Gasteiger partial charge >= 0.3 is 0 Å². The molecule has 0 amide bonds. The number of benzene rings is 1. The van der Waals surface area contributed by atoms with Crippen molar-refractivity contribution in [2.45, 2.75) is 13.3 Å². The summed E-state index contributed by atoms with van der Waals surface area (Å²) in [7, 11) is 2.07. The number of thiocarbonyl (C=S) groups is 1. The van der Waals surface area contributed by atoms with Crippen LogP contribution in [0.4, 0.5) is 5.69 Å². The van der Waals surface area contributed by atoms with E-state index in [0.717, 1.165) is 24.2 Å². The Balaban J connectivity index is 2.17. The van der Waals surface area contributed by atoms with E-state index in [1.54, 1.807) is 0 Å². The smallest absolute Gasteiger partial charge is 0.106 e. The van der Waals surface area contributed by atoms with Gasteiger partial charge in [0, 0.05) is 37.2 Å². The lowest BCUT2D eigenvalue weighted by Crippen LogP contribution is -2.25. The second-order valence-electron chi connectivity index (χ2n) is 4.86. The fourth-order valence-electron chi connectivity index (χ4n) is 2.32. The van der Waals surface area contributed by atoms with Crippen LogP contribution in [0, 0.1) is 6.92 Å². The number of likely N-dealkylation sites (N-methyl/N-ethyl adjacent to an activating group) is 1. The maximum Gasteiger partial charge on any atom is 0.106 e. The van der Waals surface area contributed by atoms with E-state index in [4.69, 9.17) is 18.0 Å². The van der Waals surface area contributed by atoms with Crippen molar-refractivity contribution >= 4 is 22.9 Å². The molecule has 0 bridgehead atoms. The molecule has 0 unspecified atom stereocenters. The Hall–Kier alpha value is -1.94. The Labute approximate surface area is 125 Å². The third-order valence-electron chi connectivity index (χ3n) is 3.37. The van der Waals surface area contributed by atoms with Crippen molar-refractivity contribution in [2.75, 3.05) is 18.5 Å². The summed E-state index contributed by atoms with van der Waals surface area (Å²) >= 11 is 5.15. The number of hydrogen-bond donors (Lipinski definition) is 1. The number of nitrogens with two attached hydrogens (primary N) is 1. The number of rotatable bonds is 5. The van der Waals surface area contributed by atoms with Gasteiger partial charge in [-0.05, 0) is 42.7 Å². The molecule has 0 radical (unpaired) electrons. The highest BCUT2D eigenvalue weighted by atomic mass is 32.1. The maximum atomic E-state index is 5.83. The Morgan fingerprint density at radius 2 is 1.95 bits per heavy atom. The number of aryl methyl sites for hydroxylation is 1. The molecule has 2 N–H and O–H groups in total. The molecular weight excluding hydrogens is 266 g/mol. The van der Waals surface area contributed by atoms with Gasteiger partial charge in [0.2, 0.25) is 0 Å². The minimum atomic E-state index is 0.444. The van der Waals surface area contributed by atoms with Gasteiger partial charge in [-0.15, -0.1) is 0 Å². The highest BCUT2D eigenvalue weighted by molar-refractivity contribution is 7.80. The number of pyridine rings is 1. The summed E-state index contributed by atoms with van der Waals surface area (Å²) in [4.78, 5) is 6.69. The van der Waals surface area contributed by atoms with E-state index >= 15 is 0 Å². The zero-order valence-electron chi connectivity index (χ0n) is 11.8. The molecule has 0 aliphatic carbocycles. The van der Waals surface area contributed by atoms with Crippen molar-refractivity contribution in [1.29, 1.82) is 0 Å². The third-order valence-corrected chi connectivity index (χ3v) is 3.59. The molecule has 104 valence electrons. The quantitative estimate of drug-likeness (QED) is 0.858. The van der Waals surface area contributed by atoms with Crippen LogP contribution in [0.3, 0.4) is 0 Å². The van der Waals surface area contributed by atoms with Crippen LogP contribution in [0.15, 0.2) is 42.7 Å². The largest absolute Gasteiger partial charge is 0.389 e. The molecule has 1 aromatic carbocycles. The fraction of sp³-hybridized carbons (Fsp3) is 0.250. The van der Waals surface area contributed by atoms with Crippen LogP contribution >= 0.6 is 12.2 Å². The van der Waals surface area contributed by atoms with E-state index in [-0.39, 0.29) is 0 Å². The van der Waals surface area contributed by atoms with Gasteiger partial charge in [0.15, 0.2) is 0 Å². The van der Waals surface area contributed by atoms with Crippen LogP contribution in [0.5, 0.6) is 0 Å². The van der Waals surface area contributed by atoms with Gasteiger partial charge in [0.05, 0.1) is 0 Å². The van der Waals surface area contributed by atoms with Crippen LogP contribution in [0.1, 0.15) is 16.7 Å². The number of anilines is 1. The van der Waals surface area contributed by atoms with Gasteiger partial charge in [-0.3, -0.25) is 4.98 Å². The van der Waals surface area contributed by atoms with Crippen LogP contribution in [-0.2, 0) is 6.42 Å². The van der Waals surface area contributed by atoms with Gasteiger partial charge in [-0.25, -0.2) is 0 Å². The Bertz CT molecular complexity index is 596. The lowest BCUT2D eigenvalue weighted by atomic mass is 10.1. The molecule has 2 aromatic rings. The van der Waals surface area contributed by atoms with Crippen molar-refractivity contribution in [3.63, 3.8) is 0 Å². The molecule has 4 heteroatoms. The molecule has 3 nitrogen and oxygen atoms in total. The van der Waals surface area contributed by atoms with Crippen molar-refractivity contribution < 1.29 is 0 Å². The van der Waals surface area contributed by atoms with E-state index in [0.29, 0.717) is 4.99 Å². The molecule has 0 aliphatic rings. The highest BCUT2D eigenvalue weighted by Crippen LogP contribution is 2.24. The Morgan fingerprint density at radius 1 is 1.25 bits per heavy atom. The average molecular weight is 285 g/mol. The standard InChI is InChI=1S/C16H19N3S/c1-12-4-3-5-14(16(17)20)15(12)19(2)11-8-13-6-9-18-10-7-13/h3-7,9-10H,8,11H2,1-2H3,(H2,17,20). The summed E-state index contributed by atoms with van der Waals surface area (Å²) in [5.74, 6) is 0. The molecule has 1 aromatic heterocycles. The second-order valence-corrected chi connectivity index (χ2v) is 5.30. The SMILES string of the molecule is Cc1cccc(C(N)=S)c1N(C)CCc1ccncc1. The van der Waals surface area contributed by atoms with Crippen LogP contribution in [0.2, 0.25) is 0 Å². The van der Waals surface area contributed by atoms with Gasteiger partial charge < -0.3 is 10.6 Å². The van der Waals surface area contributed by atoms with Crippen LogP contribution < -0.4 is 10.6 Å². The normalized spacial score (nSPS) is 10.3. The van der Waals surface area contributed by atoms with E-state index < -0.39 is 0 Å². The van der Waals surface area contributed by atoms with Crippen molar-refractivity contribution in [2.24, 2.45) is 5.73 Å². The molecule has 20 heavy (non-hydrogen) atoms. The summed E-state index contributed by atoms with van der Waals surface area (Å²) < 4.78 is 0. The van der Waals surface area contributed by atoms with Crippen LogP contribution in [0.25, 0.3) is 0 Å². The van der Waals surface area contributed by atoms with Crippen molar-refractivity contribution in [3.8, 4) is 0 Å². The number of hydrogen-bond acceptors (Lipinski definition) is 3. The molecule has 0 saturated carbocycles. The first-order valence-electron chi connectivity index (χ1n) is 6.59. The summed E-state index contributed by atoms with van der Waals surface area (Å²) in [6, 6.07) is 10.1. The predicted octanol–water partition coefficient (Wildman–Crippen LogP) is 2.70. The number of nitrogens with zero attached hydrogens (tertiary/aromatic N) is 2. The Kier molecular flexibility index (Phi) is 4.69. The summed E-state index contributed by atoms with van der Waals surface area (Å²) in [5, 5.41) is 0. The molecule has 0 saturated heterocycles. The highest BCUT2D eigenvalue weighted by Gasteiger charge is 2.12. The topological polar surface area (TPSA) is 42.1 Å². The maximum absolute atomic E-state index is 5.83. The minimum Gasteiger partial charge on any atom is -0.389 e. The number of aromatic nitrogens is 1. The van der Waals surface area contributed by atoms with Crippen molar-refractivity contribution in [1.82, 2.24) is 4.98 Å². The van der Waals surface area contributed by atoms with E-state index in [9.17, 15) is 0 Å². The molecule has 2 rings (SSSR count). The van der Waals surface area contributed by atoms with Crippen LogP contribution in [-0.4, -0.2) is 23.6 Å². The summed E-state index contributed by atoms with van der Waals surface area (Å²) in [5.41, 5.74) is 10.3. The van der Waals surface area contributed by atoms with Gasteiger partial charge in [-0.2, -0.15) is 0 Å². The summed E-state index contributed by atoms with van der Waals surface area (Å²) in [6.45, 7) is 2.99. The first kappa shape index (κ1) is 14.5. The minimum absolute atomic E-state index is 0.444. The average Bonchev–Trinajstić information content (AvgIpc) is 2.45. The predicted molar refractivity (Wildman–Crippen MR) is 88.3 cm³/mol. The van der Waals surface area contributed by atoms with Gasteiger partial charge in [0.25, 0.3) is 0 Å². The molecule has 0 fully saturated rings. The first-order chi connectivity index (χ1) is 9.59. The molecule has 1 heterocycles. The summed E-state index contributed by atoms with van der Waals surface area (Å²) in [6.07, 6.45) is 4.61. The molecule has 0 aliphatic heterocycles. The van der Waals surface area contributed by atoms with E-state index in [2.05, 4.69) is 29.9 Å². The van der Waals surface area contributed by atoms with Gasteiger partial charge in [0.1, 0.15) is 4.99 Å². The molecule has 0 atom stereocenters. The van der Waals surface area contributed by atoms with Crippen molar-refractivity contribution in [3.05, 3.63) is 59.4 Å². The molecule has 0 spiro atoms. The zero-order chi connectivity index (χ0) is 14.5. The first-order valence-corrected chi connectivity index (χ1v) is 7.00. The van der Waals surface area contributed by atoms with E-state index in [1.807, 2.05) is 36.7 Å². The third kappa shape index (κ3) is 3.33. The number of para-hydroxylation sites is 1. The zero-order valence-corrected chi connectivity index (χ0v) is 12.7.